The summed E-state index contributed by atoms with van der Waals surface area (Å²) in [5.41, 5.74) is 0. The molecule has 0 aromatic carbocycles. The molecule has 0 fully saturated rings. The predicted octanol–water partition coefficient (Wildman–Crippen LogP) is -1.11. The van der Waals surface area contributed by atoms with Gasteiger partial charge in [-0.15, -0.1) is 0 Å². The van der Waals surface area contributed by atoms with E-state index in [1.165, 1.54) is 0 Å². The minimum atomic E-state index is -3.19. The van der Waals surface area contributed by atoms with Gasteiger partial charge < -0.3 is 5.32 Å². The van der Waals surface area contributed by atoms with Gasteiger partial charge in [-0.3, -0.25) is 4.68 Å². The van der Waals surface area contributed by atoms with E-state index in [0.717, 1.165) is 6.54 Å². The van der Waals surface area contributed by atoms with Crippen LogP contribution in [0.1, 0.15) is 12.7 Å². The molecule has 0 radical (unpaired) electrons. The van der Waals surface area contributed by atoms with Crippen molar-refractivity contribution in [3.05, 3.63) is 12.2 Å². The van der Waals surface area contributed by atoms with E-state index in [1.807, 2.05) is 6.92 Å². The van der Waals surface area contributed by atoms with Crippen LogP contribution in [0.25, 0.3) is 0 Å². The van der Waals surface area contributed by atoms with E-state index in [1.54, 1.807) is 18.1 Å². The number of rotatable bonds is 8. The molecule has 0 bridgehead atoms. The standard InChI is InChI=1S/C9H19N5O2S/c1-3-10-6-7-17(15,16)12-5-4-9-11-8-14(2)13-9/h8,10,12H,3-7H2,1-2H3. The van der Waals surface area contributed by atoms with Crippen LogP contribution in [0.3, 0.4) is 0 Å². The quantitative estimate of drug-likeness (QED) is 0.579. The van der Waals surface area contributed by atoms with Gasteiger partial charge in [0.05, 0.1) is 5.75 Å². The van der Waals surface area contributed by atoms with Crippen LogP contribution in [0.4, 0.5) is 0 Å². The molecule has 1 heterocycles. The summed E-state index contributed by atoms with van der Waals surface area (Å²) in [7, 11) is -1.42. The highest BCUT2D eigenvalue weighted by molar-refractivity contribution is 7.89. The van der Waals surface area contributed by atoms with Gasteiger partial charge in [0, 0.05) is 26.6 Å². The first kappa shape index (κ1) is 14.1. The lowest BCUT2D eigenvalue weighted by Gasteiger charge is -2.05. The van der Waals surface area contributed by atoms with Crippen molar-refractivity contribution in [2.45, 2.75) is 13.3 Å². The van der Waals surface area contributed by atoms with E-state index < -0.39 is 10.0 Å². The summed E-state index contributed by atoms with van der Waals surface area (Å²) >= 11 is 0. The third-order valence-corrected chi connectivity index (χ3v) is 3.50. The molecule has 1 rings (SSSR count). The first-order valence-electron chi connectivity index (χ1n) is 5.56. The fraction of sp³-hybridized carbons (Fsp3) is 0.778. The van der Waals surface area contributed by atoms with Crippen molar-refractivity contribution >= 4 is 10.0 Å². The predicted molar refractivity (Wildman–Crippen MR) is 65.0 cm³/mol. The molecule has 1 aromatic heterocycles. The van der Waals surface area contributed by atoms with Crippen LogP contribution in [0.5, 0.6) is 0 Å². The van der Waals surface area contributed by atoms with Crippen molar-refractivity contribution in [2.24, 2.45) is 7.05 Å². The number of hydrogen-bond donors (Lipinski definition) is 2. The lowest BCUT2D eigenvalue weighted by atomic mass is 10.4. The van der Waals surface area contributed by atoms with Crippen LogP contribution in [-0.4, -0.2) is 48.6 Å². The van der Waals surface area contributed by atoms with Gasteiger partial charge in [-0.2, -0.15) is 5.10 Å². The molecule has 0 aliphatic carbocycles. The summed E-state index contributed by atoms with van der Waals surface area (Å²) in [6.07, 6.45) is 2.09. The molecule has 2 N–H and O–H groups in total. The molecule has 98 valence electrons. The fourth-order valence-electron chi connectivity index (χ4n) is 1.27. The van der Waals surface area contributed by atoms with Crippen LogP contribution < -0.4 is 10.0 Å². The second-order valence-corrected chi connectivity index (χ2v) is 5.58. The molecule has 0 atom stereocenters. The van der Waals surface area contributed by atoms with E-state index in [4.69, 9.17) is 0 Å². The lowest BCUT2D eigenvalue weighted by Crippen LogP contribution is -2.33. The van der Waals surface area contributed by atoms with Gasteiger partial charge in [-0.1, -0.05) is 6.92 Å². The van der Waals surface area contributed by atoms with E-state index >= 15 is 0 Å². The minimum absolute atomic E-state index is 0.0937. The Labute approximate surface area is 102 Å². The Morgan fingerprint density at radius 2 is 2.18 bits per heavy atom. The molecule has 0 spiro atoms. The number of nitrogens with one attached hydrogen (secondary N) is 2. The average Bonchev–Trinajstić information content (AvgIpc) is 2.64. The summed E-state index contributed by atoms with van der Waals surface area (Å²) < 4.78 is 27.1. The molecule has 0 aliphatic rings. The summed E-state index contributed by atoms with van der Waals surface area (Å²) in [4.78, 5) is 4.02. The molecule has 0 amide bonds. The van der Waals surface area contributed by atoms with E-state index in [9.17, 15) is 8.42 Å². The SMILES string of the molecule is CCNCCS(=O)(=O)NCCc1ncn(C)n1. The third-order valence-electron chi connectivity index (χ3n) is 2.12. The molecular weight excluding hydrogens is 242 g/mol. The Hall–Kier alpha value is -0.990. The van der Waals surface area contributed by atoms with Gasteiger partial charge >= 0.3 is 0 Å². The number of aryl methyl sites for hydroxylation is 1. The summed E-state index contributed by atoms with van der Waals surface area (Å²) in [6, 6.07) is 0. The highest BCUT2D eigenvalue weighted by Crippen LogP contribution is 1.90. The number of nitrogens with zero attached hydrogens (tertiary/aromatic N) is 3. The second kappa shape index (κ2) is 6.67. The third kappa shape index (κ3) is 5.76. The highest BCUT2D eigenvalue weighted by Gasteiger charge is 2.09. The van der Waals surface area contributed by atoms with Crippen molar-refractivity contribution in [1.29, 1.82) is 0 Å². The Bertz CT molecular complexity index is 428. The maximum atomic E-state index is 11.5. The molecule has 0 unspecified atom stereocenters. The Kier molecular flexibility index (Phi) is 5.52. The minimum Gasteiger partial charge on any atom is -0.316 e. The van der Waals surface area contributed by atoms with Crippen LogP contribution in [0.15, 0.2) is 6.33 Å². The summed E-state index contributed by atoms with van der Waals surface area (Å²) in [6.45, 7) is 3.51. The zero-order valence-corrected chi connectivity index (χ0v) is 11.0. The molecule has 8 heteroatoms. The highest BCUT2D eigenvalue weighted by atomic mass is 32.2. The van der Waals surface area contributed by atoms with Crippen molar-refractivity contribution in [2.75, 3.05) is 25.4 Å². The van der Waals surface area contributed by atoms with Crippen molar-refractivity contribution < 1.29 is 8.42 Å². The molecule has 0 saturated carbocycles. The topological polar surface area (TPSA) is 88.9 Å². The summed E-state index contributed by atoms with van der Waals surface area (Å²) in [5.74, 6) is 0.734. The van der Waals surface area contributed by atoms with Gasteiger partial charge in [0.15, 0.2) is 5.82 Å². The molecule has 17 heavy (non-hydrogen) atoms. The van der Waals surface area contributed by atoms with Gasteiger partial charge in [0.25, 0.3) is 0 Å². The number of hydrogen-bond acceptors (Lipinski definition) is 5. The Morgan fingerprint density at radius 1 is 1.41 bits per heavy atom. The maximum Gasteiger partial charge on any atom is 0.212 e. The van der Waals surface area contributed by atoms with Crippen molar-refractivity contribution in [1.82, 2.24) is 24.8 Å². The van der Waals surface area contributed by atoms with Gasteiger partial charge in [0.2, 0.25) is 10.0 Å². The maximum absolute atomic E-state index is 11.5. The van der Waals surface area contributed by atoms with Crippen molar-refractivity contribution in [3.63, 3.8) is 0 Å². The largest absolute Gasteiger partial charge is 0.316 e. The van der Waals surface area contributed by atoms with Gasteiger partial charge in [0.1, 0.15) is 6.33 Å². The Morgan fingerprint density at radius 3 is 2.76 bits per heavy atom. The average molecular weight is 261 g/mol. The molecule has 0 saturated heterocycles. The zero-order valence-electron chi connectivity index (χ0n) is 10.2. The molecule has 7 nitrogen and oxygen atoms in total. The monoisotopic (exact) mass is 261 g/mol. The van der Waals surface area contributed by atoms with Gasteiger partial charge in [-0.25, -0.2) is 18.1 Å². The fourth-order valence-corrected chi connectivity index (χ4v) is 2.24. The van der Waals surface area contributed by atoms with Gasteiger partial charge in [-0.05, 0) is 6.54 Å². The Balaban J connectivity index is 2.25. The van der Waals surface area contributed by atoms with Crippen LogP contribution in [0.2, 0.25) is 0 Å². The smallest absolute Gasteiger partial charge is 0.212 e. The molecular formula is C9H19N5O2S. The van der Waals surface area contributed by atoms with Crippen molar-refractivity contribution in [3.8, 4) is 0 Å². The first-order valence-corrected chi connectivity index (χ1v) is 7.21. The van der Waals surface area contributed by atoms with E-state index in [0.29, 0.717) is 25.3 Å². The van der Waals surface area contributed by atoms with E-state index in [2.05, 4.69) is 20.1 Å². The van der Waals surface area contributed by atoms with E-state index in [-0.39, 0.29) is 5.75 Å². The van der Waals surface area contributed by atoms with Crippen LogP contribution >= 0.6 is 0 Å². The second-order valence-electron chi connectivity index (χ2n) is 3.65. The van der Waals surface area contributed by atoms with Crippen LogP contribution in [-0.2, 0) is 23.5 Å². The number of aromatic nitrogens is 3. The lowest BCUT2D eigenvalue weighted by molar-refractivity contribution is 0.577. The van der Waals surface area contributed by atoms with Crippen LogP contribution in [0, 0.1) is 0 Å². The zero-order chi connectivity index (χ0) is 12.7. The summed E-state index contributed by atoms with van der Waals surface area (Å²) in [5, 5.41) is 7.03. The molecule has 1 aromatic rings. The molecule has 0 aliphatic heterocycles. The normalized spacial score (nSPS) is 11.9. The number of sulfonamides is 1. The first-order chi connectivity index (χ1) is 8.03.